The molecule has 0 saturated carbocycles. The number of nitrogens with zero attached hydrogens (tertiary/aromatic N) is 2. The van der Waals surface area contributed by atoms with Crippen LogP contribution in [0.4, 0.5) is 34.1 Å². The molecule has 0 unspecified atom stereocenters. The molecule has 0 aliphatic carbocycles. The third kappa shape index (κ3) is 6.78. The molecule has 0 fully saturated rings. The van der Waals surface area contributed by atoms with Gasteiger partial charge in [0.05, 0.1) is 5.69 Å². The topological polar surface area (TPSA) is 15.7 Å². The molecule has 1 aliphatic heterocycles. The first-order valence-electron chi connectivity index (χ1n) is 20.7. The smallest absolute Gasteiger partial charge is 0.143 e. The van der Waals surface area contributed by atoms with Crippen molar-refractivity contribution >= 4 is 44.9 Å². The van der Waals surface area contributed by atoms with E-state index in [9.17, 15) is 0 Å². The van der Waals surface area contributed by atoms with E-state index in [1.165, 1.54) is 27.8 Å². The Morgan fingerprint density at radius 1 is 0.262 bits per heavy atom. The van der Waals surface area contributed by atoms with Crippen LogP contribution < -0.4 is 14.5 Å². The van der Waals surface area contributed by atoms with Gasteiger partial charge >= 0.3 is 0 Å². The summed E-state index contributed by atoms with van der Waals surface area (Å²) < 4.78 is 7.07. The minimum absolute atomic E-state index is 0.848. The Balaban J connectivity index is 0.976. The van der Waals surface area contributed by atoms with E-state index < -0.39 is 0 Å². The van der Waals surface area contributed by atoms with E-state index in [0.29, 0.717) is 0 Å². The van der Waals surface area contributed by atoms with Gasteiger partial charge in [0.1, 0.15) is 11.5 Å². The lowest BCUT2D eigenvalue weighted by molar-refractivity contribution is 0.489. The van der Waals surface area contributed by atoms with Crippen molar-refractivity contribution in [1.82, 2.24) is 0 Å². The first-order valence-corrected chi connectivity index (χ1v) is 20.7. The number of hydrogen-bond acceptors (Lipinski definition) is 3. The van der Waals surface area contributed by atoms with Crippen LogP contribution in [0.15, 0.2) is 243 Å². The lowest BCUT2D eigenvalue weighted by atomic mass is 9.91. The molecule has 10 aromatic carbocycles. The second kappa shape index (κ2) is 15.6. The molecule has 0 spiro atoms. The van der Waals surface area contributed by atoms with Gasteiger partial charge in [0.15, 0.2) is 0 Å². The summed E-state index contributed by atoms with van der Waals surface area (Å²) in [4.78, 5) is 4.62. The standard InChI is InChI=1S/C58H40N2O/c1-5-15-41(16-6-1)43-27-33-49(34-28-43)59(50-35-29-44(30-36-50)42-17-7-2-8-18-42)51-37-31-45(32-38-51)53-24-14-26-55-54-25-13-19-46-39-52(40-56(57(46)54)61-58(53)55)60(47-20-9-3-10-21-47)48-22-11-4-12-23-48/h1-40H. The largest absolute Gasteiger partial charge is 0.455 e. The summed E-state index contributed by atoms with van der Waals surface area (Å²) in [5, 5.41) is 2.26. The molecule has 3 heteroatoms. The summed E-state index contributed by atoms with van der Waals surface area (Å²) in [6.07, 6.45) is 0. The van der Waals surface area contributed by atoms with Crippen molar-refractivity contribution < 1.29 is 4.74 Å². The molecule has 0 radical (unpaired) electrons. The molecular weight excluding hydrogens is 741 g/mol. The van der Waals surface area contributed by atoms with Crippen LogP contribution in [0.5, 0.6) is 11.5 Å². The van der Waals surface area contributed by atoms with Gasteiger partial charge in [-0.25, -0.2) is 0 Å². The predicted molar refractivity (Wildman–Crippen MR) is 255 cm³/mol. The van der Waals surface area contributed by atoms with Crippen molar-refractivity contribution in [1.29, 1.82) is 0 Å². The molecule has 0 bridgehead atoms. The van der Waals surface area contributed by atoms with E-state index in [1.807, 2.05) is 0 Å². The number of anilines is 6. The molecule has 0 atom stereocenters. The Bertz CT molecular complexity index is 2990. The van der Waals surface area contributed by atoms with Gasteiger partial charge in [0.25, 0.3) is 0 Å². The Kier molecular flexibility index (Phi) is 9.18. The second-order valence-electron chi connectivity index (χ2n) is 15.3. The maximum absolute atomic E-state index is 7.07. The molecule has 3 nitrogen and oxygen atoms in total. The first-order chi connectivity index (χ1) is 30.2. The fraction of sp³-hybridized carbons (Fsp3) is 0. The van der Waals surface area contributed by atoms with Crippen LogP contribution in [0.25, 0.3) is 55.3 Å². The van der Waals surface area contributed by atoms with E-state index >= 15 is 0 Å². The van der Waals surface area contributed by atoms with Crippen molar-refractivity contribution in [2.75, 3.05) is 9.80 Å². The Morgan fingerprint density at radius 3 is 1.18 bits per heavy atom. The highest BCUT2D eigenvalue weighted by atomic mass is 16.5. The Hall–Kier alpha value is -8.14. The van der Waals surface area contributed by atoms with Gasteiger partial charge in [0.2, 0.25) is 0 Å². The second-order valence-corrected chi connectivity index (χ2v) is 15.3. The highest BCUT2D eigenvalue weighted by molar-refractivity contribution is 6.07. The Morgan fingerprint density at radius 2 is 0.656 bits per heavy atom. The predicted octanol–water partition coefficient (Wildman–Crippen LogP) is 16.6. The van der Waals surface area contributed by atoms with Crippen LogP contribution in [-0.2, 0) is 0 Å². The maximum Gasteiger partial charge on any atom is 0.143 e. The van der Waals surface area contributed by atoms with E-state index in [1.54, 1.807) is 0 Å². The number of benzene rings is 10. The summed E-state index contributed by atoms with van der Waals surface area (Å²) in [6, 6.07) is 86.2. The number of ether oxygens (including phenoxy) is 1. The number of hydrogen-bond donors (Lipinski definition) is 0. The molecule has 288 valence electrons. The average Bonchev–Trinajstić information content (AvgIpc) is 3.34. The van der Waals surface area contributed by atoms with Crippen molar-refractivity contribution in [3.8, 4) is 56.0 Å². The molecule has 10 aromatic rings. The zero-order chi connectivity index (χ0) is 40.5. The first kappa shape index (κ1) is 36.0. The van der Waals surface area contributed by atoms with Gasteiger partial charge in [-0.15, -0.1) is 0 Å². The normalized spacial score (nSPS) is 11.4. The highest BCUT2D eigenvalue weighted by Crippen LogP contribution is 2.52. The van der Waals surface area contributed by atoms with E-state index in [0.717, 1.165) is 73.1 Å². The summed E-state index contributed by atoms with van der Waals surface area (Å²) in [6.45, 7) is 0. The monoisotopic (exact) mass is 780 g/mol. The van der Waals surface area contributed by atoms with Crippen LogP contribution >= 0.6 is 0 Å². The lowest BCUT2D eigenvalue weighted by Gasteiger charge is -2.29. The minimum Gasteiger partial charge on any atom is -0.455 e. The fourth-order valence-electron chi connectivity index (χ4n) is 8.71. The van der Waals surface area contributed by atoms with Crippen LogP contribution in [0, 0.1) is 0 Å². The number of fused-ring (bicyclic) bond motifs is 2. The average molecular weight is 781 g/mol. The third-order valence-electron chi connectivity index (χ3n) is 11.6. The van der Waals surface area contributed by atoms with Crippen LogP contribution in [0.1, 0.15) is 0 Å². The van der Waals surface area contributed by atoms with Gasteiger partial charge in [-0.3, -0.25) is 0 Å². The zero-order valence-electron chi connectivity index (χ0n) is 33.4. The molecular formula is C58H40N2O. The molecule has 0 saturated heterocycles. The molecule has 1 aliphatic rings. The third-order valence-corrected chi connectivity index (χ3v) is 11.6. The fourth-order valence-corrected chi connectivity index (χ4v) is 8.71. The van der Waals surface area contributed by atoms with E-state index in [2.05, 4.69) is 252 Å². The molecule has 1 heterocycles. The van der Waals surface area contributed by atoms with Crippen molar-refractivity contribution in [2.45, 2.75) is 0 Å². The highest BCUT2D eigenvalue weighted by Gasteiger charge is 2.25. The van der Waals surface area contributed by atoms with Crippen molar-refractivity contribution in [3.05, 3.63) is 243 Å². The van der Waals surface area contributed by atoms with Crippen LogP contribution in [0.2, 0.25) is 0 Å². The number of para-hydroxylation sites is 3. The summed E-state index contributed by atoms with van der Waals surface area (Å²) in [7, 11) is 0. The van der Waals surface area contributed by atoms with Gasteiger partial charge < -0.3 is 14.5 Å². The summed E-state index contributed by atoms with van der Waals surface area (Å²) in [5.74, 6) is 1.71. The van der Waals surface area contributed by atoms with Crippen LogP contribution in [0.3, 0.4) is 0 Å². The van der Waals surface area contributed by atoms with E-state index in [4.69, 9.17) is 4.74 Å². The quantitative estimate of drug-likeness (QED) is 0.145. The zero-order valence-corrected chi connectivity index (χ0v) is 33.4. The summed E-state index contributed by atoms with van der Waals surface area (Å²) >= 11 is 0. The lowest BCUT2D eigenvalue weighted by Crippen LogP contribution is -2.10. The maximum atomic E-state index is 7.07. The minimum atomic E-state index is 0.848. The molecule has 61 heavy (non-hydrogen) atoms. The molecule has 0 N–H and O–H groups in total. The number of rotatable bonds is 9. The summed E-state index contributed by atoms with van der Waals surface area (Å²) in [5.41, 5.74) is 15.6. The van der Waals surface area contributed by atoms with Crippen molar-refractivity contribution in [2.24, 2.45) is 0 Å². The van der Waals surface area contributed by atoms with Gasteiger partial charge in [-0.05, 0) is 105 Å². The van der Waals surface area contributed by atoms with Gasteiger partial charge in [-0.1, -0.05) is 170 Å². The molecule has 0 aromatic heterocycles. The molecule has 11 rings (SSSR count). The van der Waals surface area contributed by atoms with Crippen molar-refractivity contribution in [3.63, 3.8) is 0 Å². The SMILES string of the molecule is c1ccc(-c2ccc(N(c3ccc(-c4ccccc4)cc3)c3ccc(-c4cccc5c4Oc4cc(N(c6ccccc6)c6ccccc6)cc6cccc-5c46)cc3)cc2)cc1. The van der Waals surface area contributed by atoms with E-state index in [-0.39, 0.29) is 0 Å². The van der Waals surface area contributed by atoms with Gasteiger partial charge in [-0.2, -0.15) is 0 Å². The Labute approximate surface area is 356 Å². The van der Waals surface area contributed by atoms with Crippen LogP contribution in [-0.4, -0.2) is 0 Å². The molecule has 0 amide bonds. The van der Waals surface area contributed by atoms with Gasteiger partial charge in [0, 0.05) is 51.0 Å².